The molecule has 1 aromatic rings. The number of rotatable bonds is 3. The van der Waals surface area contributed by atoms with Gasteiger partial charge in [0.15, 0.2) is 0 Å². The predicted molar refractivity (Wildman–Crippen MR) is 90.3 cm³/mol. The smallest absolute Gasteiger partial charge is 0.410 e. The minimum absolute atomic E-state index is 0.135. The number of hydrogen-bond acceptors (Lipinski definition) is 4. The summed E-state index contributed by atoms with van der Waals surface area (Å²) >= 11 is 3.49. The number of aromatic nitrogens is 2. The van der Waals surface area contributed by atoms with Crippen molar-refractivity contribution in [1.29, 1.82) is 0 Å². The molecule has 0 bridgehead atoms. The fourth-order valence-electron chi connectivity index (χ4n) is 2.70. The molecule has 0 aromatic carbocycles. The first-order valence-electron chi connectivity index (χ1n) is 7.77. The van der Waals surface area contributed by atoms with E-state index in [0.29, 0.717) is 25.9 Å². The number of Topliss-reactive ketones (excluding diaryl/α,β-unsaturated/α-hetero) is 1. The first-order valence-corrected chi connectivity index (χ1v) is 8.56. The Labute approximate surface area is 145 Å². The summed E-state index contributed by atoms with van der Waals surface area (Å²) in [5.41, 5.74) is 1.23. The van der Waals surface area contributed by atoms with Crippen LogP contribution in [0.4, 0.5) is 4.79 Å². The molecule has 1 fully saturated rings. The maximum Gasteiger partial charge on any atom is 0.410 e. The molecule has 1 saturated heterocycles. The van der Waals surface area contributed by atoms with E-state index in [0.717, 1.165) is 15.9 Å². The maximum atomic E-state index is 12.5. The van der Waals surface area contributed by atoms with Crippen molar-refractivity contribution in [3.63, 3.8) is 0 Å². The predicted octanol–water partition coefficient (Wildman–Crippen LogP) is 2.86. The highest BCUT2D eigenvalue weighted by Gasteiger charge is 2.33. The molecule has 1 aliphatic heterocycles. The fraction of sp³-hybridized carbons (Fsp3) is 0.688. The standard InChI is InChI=1S/C16H24BrN3O3/c1-10-14(17)12(19(5)18-10)8-13(21)11-6-7-20(9-11)15(22)23-16(2,3)4/h11H,6-9H2,1-5H3. The molecular weight excluding hydrogens is 362 g/mol. The number of aryl methyl sites for hydroxylation is 2. The Morgan fingerprint density at radius 1 is 1.39 bits per heavy atom. The van der Waals surface area contributed by atoms with Crippen molar-refractivity contribution >= 4 is 27.8 Å². The largest absolute Gasteiger partial charge is 0.444 e. The van der Waals surface area contributed by atoms with Crippen LogP contribution >= 0.6 is 15.9 Å². The van der Waals surface area contributed by atoms with E-state index >= 15 is 0 Å². The molecule has 2 heterocycles. The van der Waals surface area contributed by atoms with Gasteiger partial charge in [0.05, 0.1) is 15.9 Å². The van der Waals surface area contributed by atoms with Gasteiger partial charge in [-0.2, -0.15) is 5.10 Å². The first-order chi connectivity index (χ1) is 10.6. The van der Waals surface area contributed by atoms with E-state index < -0.39 is 5.60 Å². The van der Waals surface area contributed by atoms with Crippen LogP contribution in [-0.4, -0.2) is 45.2 Å². The van der Waals surface area contributed by atoms with Gasteiger partial charge in [0.25, 0.3) is 0 Å². The molecule has 1 aromatic heterocycles. The zero-order chi connectivity index (χ0) is 17.4. The van der Waals surface area contributed by atoms with Crippen LogP contribution < -0.4 is 0 Å². The van der Waals surface area contributed by atoms with E-state index in [1.165, 1.54) is 0 Å². The number of amides is 1. The van der Waals surface area contributed by atoms with Crippen LogP contribution in [0.25, 0.3) is 0 Å². The molecule has 2 rings (SSSR count). The quantitative estimate of drug-likeness (QED) is 0.802. The van der Waals surface area contributed by atoms with Gasteiger partial charge in [-0.25, -0.2) is 4.79 Å². The summed E-state index contributed by atoms with van der Waals surface area (Å²) in [5, 5.41) is 4.31. The van der Waals surface area contributed by atoms with Gasteiger partial charge < -0.3 is 9.64 Å². The lowest BCUT2D eigenvalue weighted by Crippen LogP contribution is -2.36. The van der Waals surface area contributed by atoms with Crippen molar-refractivity contribution in [1.82, 2.24) is 14.7 Å². The van der Waals surface area contributed by atoms with Crippen LogP contribution in [0.5, 0.6) is 0 Å². The van der Waals surface area contributed by atoms with Crippen molar-refractivity contribution in [3.05, 3.63) is 15.9 Å². The minimum Gasteiger partial charge on any atom is -0.444 e. The highest BCUT2D eigenvalue weighted by Crippen LogP contribution is 2.25. The van der Waals surface area contributed by atoms with E-state index in [2.05, 4.69) is 21.0 Å². The highest BCUT2D eigenvalue weighted by molar-refractivity contribution is 9.10. The van der Waals surface area contributed by atoms with Crippen LogP contribution in [0.3, 0.4) is 0 Å². The lowest BCUT2D eigenvalue weighted by Gasteiger charge is -2.24. The number of hydrogen-bond donors (Lipinski definition) is 0. The molecule has 0 saturated carbocycles. The van der Waals surface area contributed by atoms with Crippen LogP contribution in [0, 0.1) is 12.8 Å². The molecule has 7 heteroatoms. The van der Waals surface area contributed by atoms with Crippen LogP contribution in [0.1, 0.15) is 38.6 Å². The molecule has 0 aliphatic carbocycles. The van der Waals surface area contributed by atoms with Gasteiger partial charge in [-0.1, -0.05) is 0 Å². The summed E-state index contributed by atoms with van der Waals surface area (Å²) < 4.78 is 7.98. The lowest BCUT2D eigenvalue weighted by atomic mass is 9.99. The van der Waals surface area contributed by atoms with Gasteiger partial charge in [0, 0.05) is 32.5 Å². The second kappa shape index (κ2) is 6.63. The molecule has 1 aliphatic rings. The van der Waals surface area contributed by atoms with E-state index in [1.54, 1.807) is 9.58 Å². The molecule has 23 heavy (non-hydrogen) atoms. The Bertz CT molecular complexity index is 619. The van der Waals surface area contributed by atoms with Crippen molar-refractivity contribution in [2.75, 3.05) is 13.1 Å². The summed E-state index contributed by atoms with van der Waals surface area (Å²) in [6, 6.07) is 0. The monoisotopic (exact) mass is 385 g/mol. The average Bonchev–Trinajstić information content (AvgIpc) is 2.98. The fourth-order valence-corrected chi connectivity index (χ4v) is 3.17. The zero-order valence-corrected chi connectivity index (χ0v) is 15.9. The van der Waals surface area contributed by atoms with Gasteiger partial charge >= 0.3 is 6.09 Å². The summed E-state index contributed by atoms with van der Waals surface area (Å²) in [6.45, 7) is 8.42. The molecule has 0 N–H and O–H groups in total. The SMILES string of the molecule is Cc1nn(C)c(CC(=O)C2CCN(C(=O)OC(C)(C)C)C2)c1Br. The Morgan fingerprint density at radius 2 is 2.04 bits per heavy atom. The first kappa shape index (κ1) is 18.0. The van der Waals surface area contributed by atoms with Crippen molar-refractivity contribution in [2.24, 2.45) is 13.0 Å². The molecule has 1 atom stereocenters. The minimum atomic E-state index is -0.518. The van der Waals surface area contributed by atoms with Gasteiger partial charge in [-0.15, -0.1) is 0 Å². The number of nitrogens with zero attached hydrogens (tertiary/aromatic N) is 3. The van der Waals surface area contributed by atoms with Gasteiger partial charge in [-0.3, -0.25) is 9.48 Å². The second-order valence-corrected chi connectivity index (χ2v) is 7.82. The van der Waals surface area contributed by atoms with E-state index in [4.69, 9.17) is 4.74 Å². The van der Waals surface area contributed by atoms with E-state index in [1.807, 2.05) is 34.7 Å². The van der Waals surface area contributed by atoms with Crippen molar-refractivity contribution in [2.45, 2.75) is 46.1 Å². The molecule has 128 valence electrons. The third-order valence-electron chi connectivity index (χ3n) is 3.90. The van der Waals surface area contributed by atoms with Crippen LogP contribution in [-0.2, 0) is 23.0 Å². The summed E-state index contributed by atoms with van der Waals surface area (Å²) in [4.78, 5) is 26.2. The van der Waals surface area contributed by atoms with Crippen molar-refractivity contribution in [3.8, 4) is 0 Å². The second-order valence-electron chi connectivity index (χ2n) is 7.02. The Balaban J connectivity index is 1.96. The normalized spacial score (nSPS) is 18.3. The van der Waals surface area contributed by atoms with Gasteiger partial charge in [0.1, 0.15) is 11.4 Å². The molecule has 1 unspecified atom stereocenters. The molecule has 0 spiro atoms. The molecule has 6 nitrogen and oxygen atoms in total. The number of halogens is 1. The summed E-state index contributed by atoms with van der Waals surface area (Å²) in [7, 11) is 1.84. The number of ether oxygens (including phenoxy) is 1. The maximum absolute atomic E-state index is 12.5. The number of likely N-dealkylation sites (tertiary alicyclic amines) is 1. The summed E-state index contributed by atoms with van der Waals surface area (Å²) in [6.07, 6.45) is 0.669. The van der Waals surface area contributed by atoms with Crippen molar-refractivity contribution < 1.29 is 14.3 Å². The van der Waals surface area contributed by atoms with Crippen LogP contribution in [0.15, 0.2) is 4.47 Å². The third kappa shape index (κ3) is 4.34. The number of carbonyl (C=O) groups is 2. The Kier molecular flexibility index (Phi) is 5.18. The van der Waals surface area contributed by atoms with E-state index in [-0.39, 0.29) is 17.8 Å². The lowest BCUT2D eigenvalue weighted by molar-refractivity contribution is -0.121. The highest BCUT2D eigenvalue weighted by atomic mass is 79.9. The van der Waals surface area contributed by atoms with E-state index in [9.17, 15) is 9.59 Å². The van der Waals surface area contributed by atoms with Gasteiger partial charge in [-0.05, 0) is 50.0 Å². The zero-order valence-electron chi connectivity index (χ0n) is 14.4. The third-order valence-corrected chi connectivity index (χ3v) is 4.93. The van der Waals surface area contributed by atoms with Gasteiger partial charge in [0.2, 0.25) is 0 Å². The Hall–Kier alpha value is -1.37. The molecule has 0 radical (unpaired) electrons. The average molecular weight is 386 g/mol. The number of ketones is 1. The topological polar surface area (TPSA) is 64.4 Å². The van der Waals surface area contributed by atoms with Crippen LogP contribution in [0.2, 0.25) is 0 Å². The molecular formula is C16H24BrN3O3. The molecule has 1 amide bonds. The number of carbonyl (C=O) groups excluding carboxylic acids is 2. The Morgan fingerprint density at radius 3 is 2.57 bits per heavy atom. The summed E-state index contributed by atoms with van der Waals surface area (Å²) in [5.74, 6) is 0.00406.